The summed E-state index contributed by atoms with van der Waals surface area (Å²) < 4.78 is 16.8. The maximum Gasteiger partial charge on any atom is 0.309 e. The van der Waals surface area contributed by atoms with E-state index in [-0.39, 0.29) is 31.6 Å². The second kappa shape index (κ2) is 65.1. The van der Waals surface area contributed by atoms with Crippen molar-refractivity contribution in [3.8, 4) is 0 Å². The van der Waals surface area contributed by atoms with Crippen LogP contribution in [0.4, 0.5) is 0 Å². The van der Waals surface area contributed by atoms with Crippen molar-refractivity contribution in [1.82, 2.24) is 0 Å². The van der Waals surface area contributed by atoms with Crippen molar-refractivity contribution < 1.29 is 28.6 Å². The number of hydrogen-bond acceptors (Lipinski definition) is 6. The molecule has 0 heterocycles. The summed E-state index contributed by atoms with van der Waals surface area (Å²) in [4.78, 5) is 38.2. The van der Waals surface area contributed by atoms with Crippen molar-refractivity contribution in [3.63, 3.8) is 0 Å². The van der Waals surface area contributed by atoms with Crippen molar-refractivity contribution in [2.45, 2.75) is 335 Å². The Labute approximate surface area is 477 Å². The van der Waals surface area contributed by atoms with Crippen LogP contribution in [0.1, 0.15) is 329 Å². The van der Waals surface area contributed by atoms with Crippen LogP contribution in [0.25, 0.3) is 0 Å². The smallest absolute Gasteiger partial charge is 0.309 e. The summed E-state index contributed by atoms with van der Waals surface area (Å²) >= 11 is 0. The highest BCUT2D eigenvalue weighted by atomic mass is 16.6. The molecule has 77 heavy (non-hydrogen) atoms. The first kappa shape index (κ1) is 73.6. The molecule has 6 nitrogen and oxygen atoms in total. The summed E-state index contributed by atoms with van der Waals surface area (Å²) in [7, 11) is 0. The van der Waals surface area contributed by atoms with Gasteiger partial charge in [0.25, 0.3) is 0 Å². The second-order valence-corrected chi connectivity index (χ2v) is 22.0. The van der Waals surface area contributed by atoms with Gasteiger partial charge in [-0.2, -0.15) is 0 Å². The van der Waals surface area contributed by atoms with E-state index in [9.17, 15) is 14.4 Å². The Morgan fingerprint density at radius 3 is 0.922 bits per heavy atom. The molecule has 0 aliphatic carbocycles. The molecule has 0 saturated heterocycles. The van der Waals surface area contributed by atoms with Crippen LogP contribution in [0.15, 0.2) is 85.1 Å². The van der Waals surface area contributed by atoms with Gasteiger partial charge in [-0.25, -0.2) is 0 Å². The molecule has 0 aromatic rings. The zero-order valence-corrected chi connectivity index (χ0v) is 51.0. The topological polar surface area (TPSA) is 78.9 Å². The van der Waals surface area contributed by atoms with Crippen LogP contribution in [0.3, 0.4) is 0 Å². The van der Waals surface area contributed by atoms with E-state index >= 15 is 0 Å². The lowest BCUT2D eigenvalue weighted by Gasteiger charge is -2.18. The number of allylic oxidation sites excluding steroid dienone is 13. The molecular formula is C71H124O6. The Bertz CT molecular complexity index is 1470. The first-order valence-electron chi connectivity index (χ1n) is 33.1. The lowest BCUT2D eigenvalue weighted by atomic mass is 10.0. The SMILES string of the molecule is CC/C=C\C/C=C\C/C=C\C/C=C\C/C=C\CC(=O)OCC(COC(=O)CCCCCCCCCCCCCCCCCCCCCCCCCCCCCC)OC(=O)CCCCCCC/C=C\C/C=C\CCCCCC. The van der Waals surface area contributed by atoms with Crippen LogP contribution < -0.4 is 0 Å². The van der Waals surface area contributed by atoms with E-state index in [1.165, 1.54) is 193 Å². The number of hydrogen-bond donors (Lipinski definition) is 0. The summed E-state index contributed by atoms with van der Waals surface area (Å²) in [5.41, 5.74) is 0. The summed E-state index contributed by atoms with van der Waals surface area (Å²) in [5.74, 6) is -1.05. The maximum atomic E-state index is 12.9. The third-order valence-corrected chi connectivity index (χ3v) is 14.4. The number of esters is 3. The van der Waals surface area contributed by atoms with Gasteiger partial charge in [0.1, 0.15) is 13.2 Å². The largest absolute Gasteiger partial charge is 0.462 e. The quantitative estimate of drug-likeness (QED) is 0.0261. The van der Waals surface area contributed by atoms with Gasteiger partial charge >= 0.3 is 17.9 Å². The van der Waals surface area contributed by atoms with Crippen LogP contribution >= 0.6 is 0 Å². The lowest BCUT2D eigenvalue weighted by Crippen LogP contribution is -2.30. The Balaban J connectivity index is 4.30. The van der Waals surface area contributed by atoms with Crippen LogP contribution in [0, 0.1) is 0 Å². The number of carbonyl (C=O) groups excluding carboxylic acids is 3. The Hall–Kier alpha value is -3.41. The average Bonchev–Trinajstić information content (AvgIpc) is 3.43. The fourth-order valence-corrected chi connectivity index (χ4v) is 9.49. The standard InChI is InChI=1S/C71H124O6/c1-4-7-10-13-16-19-22-25-28-30-31-32-33-34-35-36-37-38-39-40-41-44-46-49-52-55-58-61-64-70(73)76-67-68(66-75-69(72)63-60-57-54-51-48-45-42-27-24-21-18-15-12-9-6-3)77-71(74)65-62-59-56-53-50-47-43-29-26-23-20-17-14-11-8-5-2/h9,12,18,20-21,23,27,29,42-43,48,51,57,60,68H,4-8,10-11,13-17,19,22,24-26,28,30-41,44-47,49-50,52-56,58-59,61-67H2,1-3H3/b12-9-,21-18-,23-20-,42-27-,43-29-,51-48-,60-57-. The summed E-state index contributed by atoms with van der Waals surface area (Å²) in [5, 5.41) is 0. The van der Waals surface area contributed by atoms with Crippen molar-refractivity contribution in [3.05, 3.63) is 85.1 Å². The molecule has 0 rings (SSSR count). The molecule has 0 saturated carbocycles. The third kappa shape index (κ3) is 63.3. The number of unbranched alkanes of at least 4 members (excludes halogenated alkanes) is 36. The lowest BCUT2D eigenvalue weighted by molar-refractivity contribution is -0.166. The molecule has 0 aliphatic rings. The zero-order chi connectivity index (χ0) is 55.7. The highest BCUT2D eigenvalue weighted by Crippen LogP contribution is 2.18. The van der Waals surface area contributed by atoms with Crippen LogP contribution in [-0.2, 0) is 28.6 Å². The van der Waals surface area contributed by atoms with E-state index in [0.29, 0.717) is 12.8 Å². The summed E-state index contributed by atoms with van der Waals surface area (Å²) in [6.45, 7) is 6.45. The first-order chi connectivity index (χ1) is 38.0. The van der Waals surface area contributed by atoms with E-state index < -0.39 is 12.1 Å². The number of rotatable bonds is 60. The third-order valence-electron chi connectivity index (χ3n) is 14.4. The van der Waals surface area contributed by atoms with E-state index in [0.717, 1.165) is 96.3 Å². The Morgan fingerprint density at radius 2 is 0.558 bits per heavy atom. The Morgan fingerprint density at radius 1 is 0.286 bits per heavy atom. The molecule has 6 heteroatoms. The van der Waals surface area contributed by atoms with Crippen molar-refractivity contribution >= 4 is 17.9 Å². The normalized spacial score (nSPS) is 12.6. The number of ether oxygens (including phenoxy) is 3. The molecule has 0 amide bonds. The van der Waals surface area contributed by atoms with Gasteiger partial charge in [0.15, 0.2) is 6.10 Å². The Kier molecular flexibility index (Phi) is 62.2. The van der Waals surface area contributed by atoms with Gasteiger partial charge in [-0.1, -0.05) is 318 Å². The number of carbonyl (C=O) groups is 3. The molecule has 0 bridgehead atoms. The van der Waals surface area contributed by atoms with E-state index in [2.05, 4.69) is 93.7 Å². The predicted octanol–water partition coefficient (Wildman–Crippen LogP) is 22.7. The van der Waals surface area contributed by atoms with Crippen molar-refractivity contribution in [1.29, 1.82) is 0 Å². The van der Waals surface area contributed by atoms with Gasteiger partial charge in [-0.05, 0) is 77.0 Å². The molecule has 0 N–H and O–H groups in total. The van der Waals surface area contributed by atoms with Gasteiger partial charge in [-0.15, -0.1) is 0 Å². The molecule has 0 aromatic heterocycles. The fraction of sp³-hybridized carbons (Fsp3) is 0.761. The molecule has 1 unspecified atom stereocenters. The second-order valence-electron chi connectivity index (χ2n) is 22.0. The summed E-state index contributed by atoms with van der Waals surface area (Å²) in [6, 6.07) is 0. The molecule has 0 spiro atoms. The van der Waals surface area contributed by atoms with Crippen molar-refractivity contribution in [2.75, 3.05) is 13.2 Å². The predicted molar refractivity (Wildman–Crippen MR) is 334 cm³/mol. The monoisotopic (exact) mass is 1070 g/mol. The molecular weight excluding hydrogens is 949 g/mol. The molecule has 0 radical (unpaired) electrons. The summed E-state index contributed by atoms with van der Waals surface area (Å²) in [6.07, 6.45) is 86.4. The van der Waals surface area contributed by atoms with Gasteiger partial charge < -0.3 is 14.2 Å². The maximum absolute atomic E-state index is 12.9. The van der Waals surface area contributed by atoms with E-state index in [4.69, 9.17) is 14.2 Å². The van der Waals surface area contributed by atoms with Gasteiger partial charge in [0, 0.05) is 12.8 Å². The molecule has 444 valence electrons. The first-order valence-corrected chi connectivity index (χ1v) is 33.1. The van der Waals surface area contributed by atoms with Gasteiger partial charge in [-0.3, -0.25) is 14.4 Å². The minimum atomic E-state index is -0.824. The molecule has 0 aromatic carbocycles. The highest BCUT2D eigenvalue weighted by molar-refractivity contribution is 5.72. The van der Waals surface area contributed by atoms with E-state index in [1.54, 1.807) is 6.08 Å². The molecule has 1 atom stereocenters. The van der Waals surface area contributed by atoms with Crippen LogP contribution in [-0.4, -0.2) is 37.2 Å². The van der Waals surface area contributed by atoms with Crippen LogP contribution in [0.5, 0.6) is 0 Å². The van der Waals surface area contributed by atoms with Gasteiger partial charge in [0.2, 0.25) is 0 Å². The minimum absolute atomic E-state index is 0.110. The van der Waals surface area contributed by atoms with Gasteiger partial charge in [0.05, 0.1) is 6.42 Å². The molecule has 0 aliphatic heterocycles. The fourth-order valence-electron chi connectivity index (χ4n) is 9.49. The minimum Gasteiger partial charge on any atom is -0.462 e. The highest BCUT2D eigenvalue weighted by Gasteiger charge is 2.19. The average molecular weight is 1070 g/mol. The van der Waals surface area contributed by atoms with E-state index in [1.807, 2.05) is 6.08 Å². The van der Waals surface area contributed by atoms with Crippen molar-refractivity contribution in [2.24, 2.45) is 0 Å². The zero-order valence-electron chi connectivity index (χ0n) is 51.0. The molecule has 0 fully saturated rings. The van der Waals surface area contributed by atoms with Crippen LogP contribution in [0.2, 0.25) is 0 Å².